The van der Waals surface area contributed by atoms with Gasteiger partial charge in [-0.05, 0) is 80.8 Å². The van der Waals surface area contributed by atoms with Crippen molar-refractivity contribution in [2.75, 3.05) is 20.1 Å². The minimum atomic E-state index is -1.80. The van der Waals surface area contributed by atoms with Crippen LogP contribution in [0.2, 0.25) is 18.1 Å². The average molecular weight is 345 g/mol. The van der Waals surface area contributed by atoms with Crippen LogP contribution in [0.1, 0.15) is 45.1 Å². The maximum absolute atomic E-state index is 6.52. The molecular weight excluding hydrogens is 312 g/mol. The number of fused-ring (bicyclic) bond motifs is 1. The van der Waals surface area contributed by atoms with Gasteiger partial charge in [-0.15, -0.1) is 0 Å². The topological polar surface area (TPSA) is 28.3 Å². The molecule has 3 nitrogen and oxygen atoms in total. The molecule has 1 aromatic heterocycles. The van der Waals surface area contributed by atoms with Crippen molar-refractivity contribution in [2.24, 2.45) is 0 Å². The average Bonchev–Trinajstić information content (AvgIpc) is 2.89. The molecule has 4 heteroatoms. The maximum atomic E-state index is 6.52. The first-order chi connectivity index (χ1) is 11.2. The molecule has 132 valence electrons. The number of rotatable bonds is 3. The molecule has 1 aliphatic heterocycles. The lowest BCUT2D eigenvalue weighted by molar-refractivity contribution is 0.256. The van der Waals surface area contributed by atoms with E-state index in [2.05, 4.69) is 75.2 Å². The van der Waals surface area contributed by atoms with Gasteiger partial charge in [-0.1, -0.05) is 20.8 Å². The number of benzene rings is 1. The lowest BCUT2D eigenvalue weighted by Gasteiger charge is -2.36. The summed E-state index contributed by atoms with van der Waals surface area (Å²) in [4.78, 5) is 5.89. The summed E-state index contributed by atoms with van der Waals surface area (Å²) in [5.74, 6) is 1.70. The Morgan fingerprint density at radius 2 is 1.83 bits per heavy atom. The van der Waals surface area contributed by atoms with Gasteiger partial charge < -0.3 is 14.3 Å². The van der Waals surface area contributed by atoms with Gasteiger partial charge in [-0.2, -0.15) is 0 Å². The fourth-order valence-corrected chi connectivity index (χ4v) is 4.31. The predicted molar refractivity (Wildman–Crippen MR) is 106 cm³/mol. The first-order valence-electron chi connectivity index (χ1n) is 9.16. The highest BCUT2D eigenvalue weighted by Crippen LogP contribution is 2.39. The first-order valence-corrected chi connectivity index (χ1v) is 12.1. The second-order valence-corrected chi connectivity index (χ2v) is 13.6. The summed E-state index contributed by atoms with van der Waals surface area (Å²) in [6.07, 6.45) is 4.71. The van der Waals surface area contributed by atoms with Crippen molar-refractivity contribution in [1.29, 1.82) is 0 Å². The monoisotopic (exact) mass is 344 g/mol. The van der Waals surface area contributed by atoms with Gasteiger partial charge in [-0.25, -0.2) is 0 Å². The van der Waals surface area contributed by atoms with Crippen molar-refractivity contribution in [3.8, 4) is 5.75 Å². The van der Waals surface area contributed by atoms with Crippen LogP contribution < -0.4 is 4.43 Å². The number of H-pyrrole nitrogens is 1. The molecule has 0 bridgehead atoms. The molecule has 1 aromatic carbocycles. The largest absolute Gasteiger partial charge is 0.543 e. The van der Waals surface area contributed by atoms with E-state index in [0.29, 0.717) is 5.92 Å². The third-order valence-corrected chi connectivity index (χ3v) is 10.4. The zero-order valence-electron chi connectivity index (χ0n) is 16.1. The molecule has 0 saturated carbocycles. The van der Waals surface area contributed by atoms with Gasteiger partial charge in [0.25, 0.3) is 0 Å². The summed E-state index contributed by atoms with van der Waals surface area (Å²) in [6, 6.07) is 6.56. The van der Waals surface area contributed by atoms with E-state index in [1.54, 1.807) is 0 Å². The Bertz CT molecular complexity index is 706. The maximum Gasteiger partial charge on any atom is 0.250 e. The highest BCUT2D eigenvalue weighted by molar-refractivity contribution is 6.74. The van der Waals surface area contributed by atoms with Gasteiger partial charge in [0.15, 0.2) is 0 Å². The van der Waals surface area contributed by atoms with Crippen LogP contribution in [0.5, 0.6) is 5.75 Å². The number of aromatic nitrogens is 1. The van der Waals surface area contributed by atoms with Gasteiger partial charge in [0.2, 0.25) is 8.32 Å². The van der Waals surface area contributed by atoms with E-state index in [1.165, 1.54) is 42.4 Å². The zero-order valence-corrected chi connectivity index (χ0v) is 17.1. The molecule has 2 heterocycles. The van der Waals surface area contributed by atoms with Crippen molar-refractivity contribution in [1.82, 2.24) is 9.88 Å². The van der Waals surface area contributed by atoms with Crippen LogP contribution in [0, 0.1) is 0 Å². The Hall–Kier alpha value is -1.26. The summed E-state index contributed by atoms with van der Waals surface area (Å²) in [5.41, 5.74) is 2.70. The van der Waals surface area contributed by atoms with Crippen molar-refractivity contribution in [2.45, 2.75) is 57.7 Å². The van der Waals surface area contributed by atoms with Crippen molar-refractivity contribution in [3.05, 3.63) is 30.0 Å². The highest BCUT2D eigenvalue weighted by Gasteiger charge is 2.39. The fourth-order valence-electron chi connectivity index (χ4n) is 3.29. The molecule has 24 heavy (non-hydrogen) atoms. The summed E-state index contributed by atoms with van der Waals surface area (Å²) in [7, 11) is 0.423. The molecule has 0 spiro atoms. The van der Waals surface area contributed by atoms with E-state index in [1.807, 2.05) is 0 Å². The first kappa shape index (κ1) is 17.6. The summed E-state index contributed by atoms with van der Waals surface area (Å²) < 4.78 is 6.52. The van der Waals surface area contributed by atoms with Gasteiger partial charge in [0.05, 0.1) is 0 Å². The minimum Gasteiger partial charge on any atom is -0.543 e. The summed E-state index contributed by atoms with van der Waals surface area (Å²) in [6.45, 7) is 13.9. The quantitative estimate of drug-likeness (QED) is 0.759. The third kappa shape index (κ3) is 3.40. The second-order valence-electron chi connectivity index (χ2n) is 8.89. The molecule has 1 N–H and O–H groups in total. The van der Waals surface area contributed by atoms with Gasteiger partial charge in [-0.3, -0.25) is 0 Å². The zero-order chi connectivity index (χ0) is 17.5. The molecule has 0 unspecified atom stereocenters. The van der Waals surface area contributed by atoms with Gasteiger partial charge >= 0.3 is 0 Å². The van der Waals surface area contributed by atoms with Crippen LogP contribution in [0.4, 0.5) is 0 Å². The number of piperidine rings is 1. The van der Waals surface area contributed by atoms with E-state index in [-0.39, 0.29) is 5.04 Å². The van der Waals surface area contributed by atoms with Crippen molar-refractivity contribution >= 4 is 19.2 Å². The van der Waals surface area contributed by atoms with Crippen molar-refractivity contribution < 1.29 is 4.43 Å². The molecule has 0 aliphatic carbocycles. The van der Waals surface area contributed by atoms with Gasteiger partial charge in [0.1, 0.15) is 5.75 Å². The van der Waals surface area contributed by atoms with Crippen LogP contribution in [0.3, 0.4) is 0 Å². The highest BCUT2D eigenvalue weighted by atomic mass is 28.4. The lowest BCUT2D eigenvalue weighted by Crippen LogP contribution is -2.43. The number of hydrogen-bond donors (Lipinski definition) is 1. The van der Waals surface area contributed by atoms with E-state index < -0.39 is 8.32 Å². The van der Waals surface area contributed by atoms with Crippen molar-refractivity contribution in [3.63, 3.8) is 0 Å². The third-order valence-electron chi connectivity index (χ3n) is 6.02. The standard InChI is InChI=1S/C20H32N2OSi/c1-20(2,3)24(5,6)23-16-7-8-19-17(13-16)18(14-21-19)15-9-11-22(4)12-10-15/h7-8,13-15,21H,9-12H2,1-6H3. The molecule has 0 radical (unpaired) electrons. The van der Waals surface area contributed by atoms with Gasteiger partial charge in [0, 0.05) is 17.1 Å². The Balaban J connectivity index is 1.89. The Labute approximate surface area is 147 Å². The summed E-state index contributed by atoms with van der Waals surface area (Å²) >= 11 is 0. The molecule has 0 amide bonds. The molecular formula is C20H32N2OSi. The lowest BCUT2D eigenvalue weighted by atomic mass is 9.89. The predicted octanol–water partition coefficient (Wildman–Crippen LogP) is 5.36. The van der Waals surface area contributed by atoms with E-state index in [9.17, 15) is 0 Å². The molecule has 2 aromatic rings. The SMILES string of the molecule is CN1CCC(c2c[nH]c3ccc(O[Si](C)(C)C(C)(C)C)cc23)CC1. The smallest absolute Gasteiger partial charge is 0.250 e. The Morgan fingerprint density at radius 3 is 2.46 bits per heavy atom. The number of nitrogens with one attached hydrogen (secondary N) is 1. The summed E-state index contributed by atoms with van der Waals surface area (Å²) in [5, 5.41) is 1.57. The van der Waals surface area contributed by atoms with Crippen LogP contribution >= 0.6 is 0 Å². The molecule has 3 rings (SSSR count). The number of nitrogens with zero attached hydrogens (tertiary/aromatic N) is 1. The second kappa shape index (κ2) is 6.23. The van der Waals surface area contributed by atoms with Crippen LogP contribution in [0.15, 0.2) is 24.4 Å². The number of aromatic amines is 1. The Kier molecular flexibility index (Phi) is 4.56. The van der Waals surface area contributed by atoms with E-state index in [4.69, 9.17) is 4.43 Å². The van der Waals surface area contributed by atoms with E-state index in [0.717, 1.165) is 5.75 Å². The number of likely N-dealkylation sites (tertiary alicyclic amines) is 1. The minimum absolute atomic E-state index is 0.219. The normalized spacial score (nSPS) is 18.2. The molecule has 1 aliphatic rings. The van der Waals surface area contributed by atoms with Crippen LogP contribution in [-0.4, -0.2) is 38.3 Å². The molecule has 1 fully saturated rings. The molecule has 1 saturated heterocycles. The number of hydrogen-bond acceptors (Lipinski definition) is 2. The van der Waals surface area contributed by atoms with E-state index >= 15 is 0 Å². The Morgan fingerprint density at radius 1 is 1.17 bits per heavy atom. The fraction of sp³-hybridized carbons (Fsp3) is 0.600. The molecule has 0 atom stereocenters. The van der Waals surface area contributed by atoms with Crippen LogP contribution in [0.25, 0.3) is 10.9 Å². The van der Waals surface area contributed by atoms with Crippen LogP contribution in [-0.2, 0) is 0 Å².